The van der Waals surface area contributed by atoms with Crippen LogP contribution in [0.3, 0.4) is 0 Å². The minimum Gasteiger partial charge on any atom is -0.339 e. The van der Waals surface area contributed by atoms with Gasteiger partial charge in [0.15, 0.2) is 5.13 Å². The number of fused-ring (bicyclic) bond motifs is 1. The first-order valence-corrected chi connectivity index (χ1v) is 12.2. The summed E-state index contributed by atoms with van der Waals surface area (Å²) in [5, 5.41) is 0.609. The fourth-order valence-corrected chi connectivity index (χ4v) is 5.42. The summed E-state index contributed by atoms with van der Waals surface area (Å²) in [6, 6.07) is 18.4. The molecule has 1 aliphatic heterocycles. The van der Waals surface area contributed by atoms with Crippen LogP contribution in [0.15, 0.2) is 66.7 Å². The lowest BCUT2D eigenvalue weighted by Crippen LogP contribution is -2.43. The van der Waals surface area contributed by atoms with E-state index in [2.05, 4.69) is 0 Å². The highest BCUT2D eigenvalue weighted by atomic mass is 32.1. The minimum absolute atomic E-state index is 0.0709. The van der Waals surface area contributed by atoms with E-state index in [9.17, 15) is 18.4 Å². The first kappa shape index (κ1) is 23.1. The Kier molecular flexibility index (Phi) is 6.30. The fraction of sp³-hybridized carbons (Fsp3) is 0.222. The third-order valence-corrected chi connectivity index (χ3v) is 7.37. The molecule has 3 aromatic carbocycles. The molecule has 0 unspecified atom stereocenters. The third-order valence-electron chi connectivity index (χ3n) is 6.34. The van der Waals surface area contributed by atoms with Crippen molar-refractivity contribution < 1.29 is 18.4 Å². The number of nitrogens with zero attached hydrogens (tertiary/aromatic N) is 3. The number of rotatable bonds is 4. The SMILES string of the molecule is Cc1ccccc1N(C(=O)C1CCN(C(=O)c2ccc(F)cc2F)CC1)c1nc2ccccc2s1. The van der Waals surface area contributed by atoms with Gasteiger partial charge in [0.25, 0.3) is 5.91 Å². The first-order valence-electron chi connectivity index (χ1n) is 11.4. The van der Waals surface area contributed by atoms with Crippen LogP contribution in [0.2, 0.25) is 0 Å². The van der Waals surface area contributed by atoms with Crippen molar-refractivity contribution in [3.8, 4) is 0 Å². The van der Waals surface area contributed by atoms with Crippen LogP contribution >= 0.6 is 11.3 Å². The summed E-state index contributed by atoms with van der Waals surface area (Å²) in [5.74, 6) is -2.48. The fourth-order valence-electron chi connectivity index (χ4n) is 4.43. The lowest BCUT2D eigenvalue weighted by molar-refractivity contribution is -0.122. The number of aromatic nitrogens is 1. The number of benzene rings is 3. The number of para-hydroxylation sites is 2. The number of hydrogen-bond acceptors (Lipinski definition) is 4. The van der Waals surface area contributed by atoms with Crippen LogP contribution in [0.4, 0.5) is 19.6 Å². The van der Waals surface area contributed by atoms with Crippen LogP contribution in [-0.2, 0) is 4.79 Å². The van der Waals surface area contributed by atoms with Crippen LogP contribution in [0.25, 0.3) is 10.2 Å². The van der Waals surface area contributed by atoms with Crippen molar-refractivity contribution in [2.75, 3.05) is 18.0 Å². The molecular weight excluding hydrogens is 468 g/mol. The van der Waals surface area contributed by atoms with Crippen LogP contribution in [0, 0.1) is 24.5 Å². The number of piperidine rings is 1. The monoisotopic (exact) mass is 491 g/mol. The Morgan fingerprint density at radius 2 is 1.71 bits per heavy atom. The van der Waals surface area contributed by atoms with Gasteiger partial charge < -0.3 is 4.90 Å². The maximum Gasteiger partial charge on any atom is 0.256 e. The van der Waals surface area contributed by atoms with E-state index in [0.717, 1.165) is 33.6 Å². The number of halogens is 2. The highest BCUT2D eigenvalue weighted by Gasteiger charge is 2.34. The lowest BCUT2D eigenvalue weighted by atomic mass is 9.94. The molecule has 2 amide bonds. The molecule has 0 saturated carbocycles. The van der Waals surface area contributed by atoms with Crippen molar-refractivity contribution in [2.24, 2.45) is 5.92 Å². The Hall–Kier alpha value is -3.65. The molecule has 0 spiro atoms. The normalized spacial score (nSPS) is 14.3. The number of carbonyl (C=O) groups is 2. The van der Waals surface area contributed by atoms with E-state index in [-0.39, 0.29) is 17.4 Å². The van der Waals surface area contributed by atoms with Gasteiger partial charge in [0, 0.05) is 25.1 Å². The van der Waals surface area contributed by atoms with Crippen molar-refractivity contribution in [2.45, 2.75) is 19.8 Å². The molecule has 0 N–H and O–H groups in total. The Bertz CT molecular complexity index is 1380. The Morgan fingerprint density at radius 1 is 1.00 bits per heavy atom. The zero-order valence-electron chi connectivity index (χ0n) is 19.1. The largest absolute Gasteiger partial charge is 0.339 e. The van der Waals surface area contributed by atoms with Crippen molar-refractivity contribution in [1.82, 2.24) is 9.88 Å². The van der Waals surface area contributed by atoms with Gasteiger partial charge in [-0.05, 0) is 55.7 Å². The maximum atomic E-state index is 14.1. The van der Waals surface area contributed by atoms with E-state index in [0.29, 0.717) is 37.1 Å². The third kappa shape index (κ3) is 4.53. The summed E-state index contributed by atoms with van der Waals surface area (Å²) in [7, 11) is 0. The number of anilines is 2. The molecule has 0 atom stereocenters. The Labute approximate surface area is 205 Å². The van der Waals surface area contributed by atoms with Gasteiger partial charge in [0.05, 0.1) is 21.5 Å². The predicted molar refractivity (Wildman–Crippen MR) is 133 cm³/mol. The van der Waals surface area contributed by atoms with E-state index < -0.39 is 17.5 Å². The number of likely N-dealkylation sites (tertiary alicyclic amines) is 1. The smallest absolute Gasteiger partial charge is 0.256 e. The zero-order chi connectivity index (χ0) is 24.5. The number of hydrogen-bond donors (Lipinski definition) is 0. The summed E-state index contributed by atoms with van der Waals surface area (Å²) in [6.45, 7) is 2.59. The topological polar surface area (TPSA) is 53.5 Å². The Morgan fingerprint density at radius 3 is 2.43 bits per heavy atom. The standard InChI is InChI=1S/C27H23F2N3O2S/c1-17-6-2-4-8-23(17)32(27-30-22-7-3-5-9-24(22)35-27)25(33)18-12-14-31(15-13-18)26(34)20-11-10-19(28)16-21(20)29/h2-11,16,18H,12-15H2,1H3. The maximum absolute atomic E-state index is 14.1. The highest BCUT2D eigenvalue weighted by Crippen LogP contribution is 2.37. The van der Waals surface area contributed by atoms with Crippen LogP contribution < -0.4 is 4.90 Å². The number of aryl methyl sites for hydroxylation is 1. The highest BCUT2D eigenvalue weighted by molar-refractivity contribution is 7.22. The number of carbonyl (C=O) groups excluding carboxylic acids is 2. The molecule has 0 bridgehead atoms. The van der Waals surface area contributed by atoms with E-state index >= 15 is 0 Å². The molecular formula is C27H23F2N3O2S. The average Bonchev–Trinajstić information content (AvgIpc) is 3.29. The predicted octanol–water partition coefficient (Wildman–Crippen LogP) is 6.10. The minimum atomic E-state index is -0.880. The van der Waals surface area contributed by atoms with Gasteiger partial charge in [0.1, 0.15) is 11.6 Å². The average molecular weight is 492 g/mol. The van der Waals surface area contributed by atoms with E-state index in [1.165, 1.54) is 16.2 Å². The van der Waals surface area contributed by atoms with Gasteiger partial charge in [-0.2, -0.15) is 0 Å². The molecule has 1 saturated heterocycles. The molecule has 4 aromatic rings. The molecule has 8 heteroatoms. The van der Waals surface area contributed by atoms with Gasteiger partial charge in [-0.15, -0.1) is 0 Å². The summed E-state index contributed by atoms with van der Waals surface area (Å²) in [6.07, 6.45) is 0.890. The molecule has 35 heavy (non-hydrogen) atoms. The van der Waals surface area contributed by atoms with Crippen LogP contribution in [0.5, 0.6) is 0 Å². The molecule has 1 fully saturated rings. The molecule has 1 aliphatic rings. The zero-order valence-corrected chi connectivity index (χ0v) is 19.9. The first-order chi connectivity index (χ1) is 16.9. The van der Waals surface area contributed by atoms with E-state index in [4.69, 9.17) is 4.98 Å². The quantitative estimate of drug-likeness (QED) is 0.347. The van der Waals surface area contributed by atoms with Gasteiger partial charge >= 0.3 is 0 Å². The molecule has 5 rings (SSSR count). The lowest BCUT2D eigenvalue weighted by Gasteiger charge is -2.34. The Balaban J connectivity index is 1.39. The summed E-state index contributed by atoms with van der Waals surface area (Å²) >= 11 is 1.46. The molecule has 1 aromatic heterocycles. The van der Waals surface area contributed by atoms with Crippen molar-refractivity contribution >= 4 is 44.2 Å². The van der Waals surface area contributed by atoms with Gasteiger partial charge in [-0.1, -0.05) is 41.7 Å². The molecule has 2 heterocycles. The van der Waals surface area contributed by atoms with Gasteiger partial charge in [-0.3, -0.25) is 14.5 Å². The van der Waals surface area contributed by atoms with Gasteiger partial charge in [-0.25, -0.2) is 13.8 Å². The van der Waals surface area contributed by atoms with Crippen LogP contribution in [0.1, 0.15) is 28.8 Å². The summed E-state index contributed by atoms with van der Waals surface area (Å²) in [5.41, 5.74) is 2.41. The second-order valence-corrected chi connectivity index (χ2v) is 9.62. The van der Waals surface area contributed by atoms with E-state index in [1.807, 2.05) is 55.5 Å². The number of thiazole rings is 1. The number of amides is 2. The molecule has 0 aliphatic carbocycles. The molecule has 5 nitrogen and oxygen atoms in total. The van der Waals surface area contributed by atoms with E-state index in [1.54, 1.807) is 4.90 Å². The molecule has 0 radical (unpaired) electrons. The van der Waals surface area contributed by atoms with Crippen LogP contribution in [-0.4, -0.2) is 34.8 Å². The summed E-state index contributed by atoms with van der Waals surface area (Å²) in [4.78, 5) is 34.6. The second kappa shape index (κ2) is 9.54. The second-order valence-electron chi connectivity index (χ2n) is 8.61. The van der Waals surface area contributed by atoms with Crippen molar-refractivity contribution in [1.29, 1.82) is 0 Å². The van der Waals surface area contributed by atoms with Crippen molar-refractivity contribution in [3.05, 3.63) is 89.5 Å². The summed E-state index contributed by atoms with van der Waals surface area (Å²) < 4.78 is 28.3. The van der Waals surface area contributed by atoms with Crippen molar-refractivity contribution in [3.63, 3.8) is 0 Å². The van der Waals surface area contributed by atoms with Gasteiger partial charge in [0.2, 0.25) is 5.91 Å². The molecule has 178 valence electrons.